The van der Waals surface area contributed by atoms with Crippen molar-refractivity contribution in [3.8, 4) is 5.06 Å². The number of nitrogens with zero attached hydrogens (tertiary/aromatic N) is 1. The average molecular weight is 408 g/mol. The predicted molar refractivity (Wildman–Crippen MR) is 112 cm³/mol. The normalized spacial score (nSPS) is 15.3. The van der Waals surface area contributed by atoms with Gasteiger partial charge in [-0.05, 0) is 49.0 Å². The van der Waals surface area contributed by atoms with Crippen LogP contribution in [0.1, 0.15) is 24.8 Å². The molecule has 0 saturated carbocycles. The first-order chi connectivity index (χ1) is 13.7. The second-order valence-electron chi connectivity index (χ2n) is 6.80. The topological polar surface area (TPSA) is 70.7 Å². The molecule has 28 heavy (non-hydrogen) atoms. The molecule has 8 heteroatoms. The van der Waals surface area contributed by atoms with Gasteiger partial charge in [-0.1, -0.05) is 12.5 Å². The molecular weight excluding hydrogens is 381 g/mol. The highest BCUT2D eigenvalue weighted by Gasteiger charge is 2.19. The second kappa shape index (κ2) is 10.4. The summed E-state index contributed by atoms with van der Waals surface area (Å²) in [6, 6.07) is 2.09. The zero-order valence-corrected chi connectivity index (χ0v) is 16.7. The summed E-state index contributed by atoms with van der Waals surface area (Å²) in [6.07, 6.45) is 7.61. The van der Waals surface area contributed by atoms with Crippen molar-refractivity contribution in [2.45, 2.75) is 25.8 Å². The Kier molecular flexibility index (Phi) is 7.62. The summed E-state index contributed by atoms with van der Waals surface area (Å²) in [5.74, 6) is 0. The van der Waals surface area contributed by atoms with Gasteiger partial charge < -0.3 is 15.4 Å². The molecule has 0 amide bonds. The highest BCUT2D eigenvalue weighted by molar-refractivity contribution is 7.12. The Bertz CT molecular complexity index is 851. The van der Waals surface area contributed by atoms with Crippen LogP contribution in [0.3, 0.4) is 0 Å². The van der Waals surface area contributed by atoms with E-state index in [2.05, 4.69) is 27.0 Å². The molecule has 0 aliphatic carbocycles. The molecule has 6 nitrogen and oxygen atoms in total. The van der Waals surface area contributed by atoms with E-state index in [1.807, 2.05) is 12.2 Å². The minimum atomic E-state index is -0.599. The number of nitrogens with one attached hydrogen (secondary N) is 2. The second-order valence-corrected chi connectivity index (χ2v) is 7.67. The number of likely N-dealkylation sites (tertiary alicyclic amines) is 1. The van der Waals surface area contributed by atoms with Crippen LogP contribution in [0.15, 0.2) is 33.2 Å². The van der Waals surface area contributed by atoms with Crippen LogP contribution in [0.5, 0.6) is 5.06 Å². The van der Waals surface area contributed by atoms with Crippen LogP contribution in [0.4, 0.5) is 15.8 Å². The van der Waals surface area contributed by atoms with Crippen molar-refractivity contribution in [2.24, 2.45) is 0 Å². The van der Waals surface area contributed by atoms with E-state index >= 15 is 0 Å². The van der Waals surface area contributed by atoms with Crippen LogP contribution in [-0.4, -0.2) is 44.4 Å². The molecule has 152 valence electrons. The summed E-state index contributed by atoms with van der Waals surface area (Å²) in [5, 5.41) is 8.55. The van der Waals surface area contributed by atoms with Crippen molar-refractivity contribution >= 4 is 22.7 Å². The summed E-state index contributed by atoms with van der Waals surface area (Å²) >= 11 is 1.60. The average Bonchev–Trinajstić information content (AvgIpc) is 3.16. The SMILES string of the molecule is O=c1c(NC/C=C\COc2cc(CN3CCCCC3)cs2)c(NCCF)c1=O. The number of halogens is 1. The smallest absolute Gasteiger partial charge is 0.253 e. The molecular formula is C20H26FN3O3S. The van der Waals surface area contributed by atoms with E-state index in [-0.39, 0.29) is 17.9 Å². The van der Waals surface area contributed by atoms with Gasteiger partial charge in [-0.15, -0.1) is 11.3 Å². The standard InChI is InChI=1S/C20H26FN3O3S/c21-6-8-23-18-17(19(25)20(18)26)22-7-2-5-11-27-16-12-15(14-28-16)13-24-9-3-1-4-10-24/h2,5,12,14,22-23H,1,3-4,6-11,13H2/b5-2-. The summed E-state index contributed by atoms with van der Waals surface area (Å²) in [6.45, 7) is 3.59. The fourth-order valence-corrected chi connectivity index (χ4v) is 4.00. The lowest BCUT2D eigenvalue weighted by molar-refractivity contribution is 0.221. The minimum absolute atomic E-state index is 0.0176. The molecule has 0 radical (unpaired) electrons. The number of hydrogen-bond acceptors (Lipinski definition) is 7. The maximum absolute atomic E-state index is 12.2. The van der Waals surface area contributed by atoms with Gasteiger partial charge in [0.05, 0.1) is 0 Å². The monoisotopic (exact) mass is 407 g/mol. The molecule has 3 rings (SSSR count). The van der Waals surface area contributed by atoms with Gasteiger partial charge in [0.1, 0.15) is 24.7 Å². The van der Waals surface area contributed by atoms with Gasteiger partial charge in [0.15, 0.2) is 5.06 Å². The van der Waals surface area contributed by atoms with Crippen molar-refractivity contribution in [1.82, 2.24) is 4.90 Å². The van der Waals surface area contributed by atoms with Crippen molar-refractivity contribution in [3.05, 3.63) is 49.6 Å². The number of ether oxygens (including phenoxy) is 1. The molecule has 1 fully saturated rings. The van der Waals surface area contributed by atoms with Gasteiger partial charge >= 0.3 is 0 Å². The third-order valence-corrected chi connectivity index (χ3v) is 5.56. The number of hydrogen-bond donors (Lipinski definition) is 2. The van der Waals surface area contributed by atoms with Crippen molar-refractivity contribution in [1.29, 1.82) is 0 Å². The summed E-state index contributed by atoms with van der Waals surface area (Å²) in [7, 11) is 0. The quantitative estimate of drug-likeness (QED) is 0.441. The van der Waals surface area contributed by atoms with E-state index in [1.165, 1.54) is 37.9 Å². The first kappa shape index (κ1) is 20.5. The van der Waals surface area contributed by atoms with Crippen LogP contribution < -0.4 is 26.2 Å². The van der Waals surface area contributed by atoms with Crippen LogP contribution in [-0.2, 0) is 6.54 Å². The molecule has 0 unspecified atom stereocenters. The zero-order valence-electron chi connectivity index (χ0n) is 15.8. The fraction of sp³-hybridized carbons (Fsp3) is 0.500. The molecule has 1 saturated heterocycles. The largest absolute Gasteiger partial charge is 0.480 e. The van der Waals surface area contributed by atoms with E-state index < -0.39 is 17.5 Å². The Hall–Kier alpha value is -2.19. The first-order valence-corrected chi connectivity index (χ1v) is 10.5. The van der Waals surface area contributed by atoms with E-state index in [4.69, 9.17) is 4.74 Å². The van der Waals surface area contributed by atoms with Crippen LogP contribution in [0, 0.1) is 0 Å². The number of alkyl halides is 1. The van der Waals surface area contributed by atoms with Crippen molar-refractivity contribution in [2.75, 3.05) is 50.1 Å². The third-order valence-electron chi connectivity index (χ3n) is 4.68. The summed E-state index contributed by atoms with van der Waals surface area (Å²) < 4.78 is 17.9. The zero-order chi connectivity index (χ0) is 19.8. The highest BCUT2D eigenvalue weighted by Crippen LogP contribution is 2.25. The van der Waals surface area contributed by atoms with Gasteiger partial charge in [-0.2, -0.15) is 0 Å². The lowest BCUT2D eigenvalue weighted by atomic mass is 10.1. The number of piperidine rings is 1. The summed E-state index contributed by atoms with van der Waals surface area (Å²) in [5.41, 5.74) is 0.532. The lowest BCUT2D eigenvalue weighted by Crippen LogP contribution is -2.37. The number of rotatable bonds is 11. The Morgan fingerprint density at radius 1 is 1.11 bits per heavy atom. The van der Waals surface area contributed by atoms with Gasteiger partial charge in [0, 0.05) is 19.6 Å². The van der Waals surface area contributed by atoms with E-state index in [0.717, 1.165) is 11.6 Å². The van der Waals surface area contributed by atoms with Gasteiger partial charge in [0.25, 0.3) is 10.9 Å². The van der Waals surface area contributed by atoms with E-state index in [1.54, 1.807) is 11.3 Å². The Labute approximate surface area is 167 Å². The van der Waals surface area contributed by atoms with Gasteiger partial charge in [0.2, 0.25) is 0 Å². The molecule has 2 aromatic rings. The Balaban J connectivity index is 1.36. The van der Waals surface area contributed by atoms with Gasteiger partial charge in [-0.25, -0.2) is 4.39 Å². The minimum Gasteiger partial charge on any atom is -0.480 e. The molecule has 1 aliphatic heterocycles. The molecule has 1 aliphatic rings. The van der Waals surface area contributed by atoms with Crippen molar-refractivity contribution in [3.63, 3.8) is 0 Å². The molecule has 2 heterocycles. The predicted octanol–water partition coefficient (Wildman–Crippen LogP) is 2.76. The maximum atomic E-state index is 12.2. The Morgan fingerprint density at radius 3 is 2.61 bits per heavy atom. The fourth-order valence-electron chi connectivity index (χ4n) is 3.23. The van der Waals surface area contributed by atoms with Crippen LogP contribution >= 0.6 is 11.3 Å². The molecule has 0 spiro atoms. The molecule has 0 atom stereocenters. The molecule has 0 bridgehead atoms. The lowest BCUT2D eigenvalue weighted by Gasteiger charge is -2.25. The molecule has 1 aromatic carbocycles. The Morgan fingerprint density at radius 2 is 1.86 bits per heavy atom. The maximum Gasteiger partial charge on any atom is 0.253 e. The van der Waals surface area contributed by atoms with E-state index in [9.17, 15) is 14.0 Å². The van der Waals surface area contributed by atoms with Crippen LogP contribution in [0.2, 0.25) is 0 Å². The molecule has 2 N–H and O–H groups in total. The third kappa shape index (κ3) is 5.42. The highest BCUT2D eigenvalue weighted by atomic mass is 32.1. The first-order valence-electron chi connectivity index (χ1n) is 9.63. The van der Waals surface area contributed by atoms with Crippen LogP contribution in [0.25, 0.3) is 0 Å². The number of thiophene rings is 1. The molecule has 1 aromatic heterocycles. The van der Waals surface area contributed by atoms with Crippen molar-refractivity contribution < 1.29 is 9.13 Å². The van der Waals surface area contributed by atoms with E-state index in [0.29, 0.717) is 13.2 Å². The summed E-state index contributed by atoms with van der Waals surface area (Å²) in [4.78, 5) is 25.4. The van der Waals surface area contributed by atoms with Gasteiger partial charge in [-0.3, -0.25) is 14.5 Å². The number of anilines is 2.